The first-order valence-corrected chi connectivity index (χ1v) is 9.91. The first-order valence-electron chi connectivity index (χ1n) is 9.91. The Morgan fingerprint density at radius 3 is 2.48 bits per heavy atom. The van der Waals surface area contributed by atoms with Crippen molar-refractivity contribution in [2.24, 2.45) is 5.92 Å². The van der Waals surface area contributed by atoms with E-state index in [1.807, 2.05) is 13.8 Å². The van der Waals surface area contributed by atoms with Crippen molar-refractivity contribution in [1.82, 2.24) is 15.3 Å². The molecule has 1 unspecified atom stereocenters. The molecular formula is C22H26F3N3O3. The topological polar surface area (TPSA) is 81.2 Å². The maximum absolute atomic E-state index is 12.6. The number of halogens is 3. The van der Waals surface area contributed by atoms with Crippen LogP contribution in [0.1, 0.15) is 60.4 Å². The molecule has 168 valence electrons. The highest BCUT2D eigenvalue weighted by Gasteiger charge is 2.27. The molecule has 2 rings (SSSR count). The molecule has 2 heterocycles. The Morgan fingerprint density at radius 1 is 1.16 bits per heavy atom. The Kier molecular flexibility index (Phi) is 8.13. The Labute approximate surface area is 179 Å². The second kappa shape index (κ2) is 10.4. The summed E-state index contributed by atoms with van der Waals surface area (Å²) in [5.74, 6) is -0.330. The van der Waals surface area contributed by atoms with Gasteiger partial charge in [0.2, 0.25) is 5.88 Å². The number of hydrogen-bond donors (Lipinski definition) is 1. The molecule has 1 amide bonds. The minimum absolute atomic E-state index is 0.0578. The summed E-state index contributed by atoms with van der Waals surface area (Å²) in [6.07, 6.45) is -2.30. The van der Waals surface area contributed by atoms with Crippen LogP contribution in [0.25, 0.3) is 0 Å². The molecule has 9 heteroatoms. The van der Waals surface area contributed by atoms with Crippen molar-refractivity contribution >= 4 is 11.7 Å². The van der Waals surface area contributed by atoms with Gasteiger partial charge in [0, 0.05) is 36.0 Å². The van der Waals surface area contributed by atoms with E-state index in [1.165, 1.54) is 12.3 Å². The summed E-state index contributed by atoms with van der Waals surface area (Å²) >= 11 is 0. The van der Waals surface area contributed by atoms with Crippen LogP contribution in [-0.2, 0) is 11.2 Å². The van der Waals surface area contributed by atoms with Crippen LogP contribution in [0.2, 0.25) is 0 Å². The number of hydrogen-bond acceptors (Lipinski definition) is 5. The van der Waals surface area contributed by atoms with Crippen LogP contribution in [0.3, 0.4) is 0 Å². The molecular weight excluding hydrogens is 411 g/mol. The summed E-state index contributed by atoms with van der Waals surface area (Å²) in [7, 11) is 0. The van der Waals surface area contributed by atoms with Crippen molar-refractivity contribution < 1.29 is 27.5 Å². The van der Waals surface area contributed by atoms with E-state index in [-0.39, 0.29) is 41.5 Å². The van der Waals surface area contributed by atoms with E-state index in [0.29, 0.717) is 11.3 Å². The standard InChI is InChI=1S/C22H26F3N3O3/c1-13(2)19(29)11-18-10-16(5-7-26-18)15(4)28-20(30)17-9-14(3)21(27-12-17)31-8-6-22(23,24)25/h5,7,9-10,12-13,15H,6,8,11H2,1-4H3,(H,28,30). The monoisotopic (exact) mass is 437 g/mol. The molecule has 2 aromatic rings. The van der Waals surface area contributed by atoms with Gasteiger partial charge in [-0.3, -0.25) is 14.6 Å². The van der Waals surface area contributed by atoms with E-state index in [9.17, 15) is 22.8 Å². The molecule has 1 N–H and O–H groups in total. The van der Waals surface area contributed by atoms with Gasteiger partial charge >= 0.3 is 6.18 Å². The Bertz CT molecular complexity index is 930. The number of ether oxygens (including phenoxy) is 1. The van der Waals surface area contributed by atoms with Crippen LogP contribution in [0.4, 0.5) is 13.2 Å². The average molecular weight is 437 g/mol. The van der Waals surface area contributed by atoms with Crippen molar-refractivity contribution in [1.29, 1.82) is 0 Å². The van der Waals surface area contributed by atoms with Gasteiger partial charge < -0.3 is 10.1 Å². The molecule has 0 aliphatic rings. The molecule has 31 heavy (non-hydrogen) atoms. The molecule has 1 atom stereocenters. The number of aryl methyl sites for hydroxylation is 1. The van der Waals surface area contributed by atoms with E-state index in [0.717, 1.165) is 5.56 Å². The first kappa shape index (κ1) is 24.3. The van der Waals surface area contributed by atoms with Gasteiger partial charge in [-0.15, -0.1) is 0 Å². The van der Waals surface area contributed by atoms with E-state index < -0.39 is 19.2 Å². The maximum atomic E-state index is 12.6. The van der Waals surface area contributed by atoms with Crippen LogP contribution in [0.15, 0.2) is 30.6 Å². The molecule has 0 radical (unpaired) electrons. The maximum Gasteiger partial charge on any atom is 0.392 e. The predicted octanol–water partition coefficient (Wildman–Crippen LogP) is 4.37. The third-order valence-electron chi connectivity index (χ3n) is 4.60. The molecule has 0 aliphatic carbocycles. The first-order chi connectivity index (χ1) is 14.5. The number of Topliss-reactive ketones (excluding diaryl/α,β-unsaturated/α-hetero) is 1. The summed E-state index contributed by atoms with van der Waals surface area (Å²) in [6, 6.07) is 4.70. The van der Waals surface area contributed by atoms with E-state index in [4.69, 9.17) is 4.74 Å². The molecule has 0 aliphatic heterocycles. The molecule has 2 aromatic heterocycles. The number of nitrogens with one attached hydrogen (secondary N) is 1. The second-order valence-corrected chi connectivity index (χ2v) is 7.63. The lowest BCUT2D eigenvalue weighted by Gasteiger charge is -2.16. The predicted molar refractivity (Wildman–Crippen MR) is 109 cm³/mol. The number of aromatic nitrogens is 2. The zero-order valence-corrected chi connectivity index (χ0v) is 17.9. The number of nitrogens with zero attached hydrogens (tertiary/aromatic N) is 2. The van der Waals surface area contributed by atoms with Gasteiger partial charge in [0.05, 0.1) is 24.6 Å². The van der Waals surface area contributed by atoms with E-state index in [1.54, 1.807) is 32.2 Å². The quantitative estimate of drug-likeness (QED) is 0.630. The Morgan fingerprint density at radius 2 is 1.87 bits per heavy atom. The van der Waals surface area contributed by atoms with Gasteiger partial charge in [-0.25, -0.2) is 4.98 Å². The van der Waals surface area contributed by atoms with Crippen molar-refractivity contribution in [3.63, 3.8) is 0 Å². The number of carbonyl (C=O) groups is 2. The third-order valence-corrected chi connectivity index (χ3v) is 4.60. The normalized spacial score (nSPS) is 12.5. The van der Waals surface area contributed by atoms with Crippen LogP contribution in [-0.4, -0.2) is 34.4 Å². The van der Waals surface area contributed by atoms with Gasteiger partial charge in [0.15, 0.2) is 0 Å². The fourth-order valence-corrected chi connectivity index (χ4v) is 2.71. The van der Waals surface area contributed by atoms with Gasteiger partial charge in [0.25, 0.3) is 5.91 Å². The van der Waals surface area contributed by atoms with E-state index in [2.05, 4.69) is 15.3 Å². The Balaban J connectivity index is 2.01. The number of pyridine rings is 2. The zero-order valence-electron chi connectivity index (χ0n) is 17.9. The number of amides is 1. The molecule has 0 saturated heterocycles. The van der Waals surface area contributed by atoms with Crippen molar-refractivity contribution in [2.45, 2.75) is 52.8 Å². The highest BCUT2D eigenvalue weighted by molar-refractivity contribution is 5.94. The highest BCUT2D eigenvalue weighted by Crippen LogP contribution is 2.22. The van der Waals surface area contributed by atoms with Gasteiger partial charge in [0.1, 0.15) is 5.78 Å². The minimum Gasteiger partial charge on any atom is -0.477 e. The molecule has 0 spiro atoms. The van der Waals surface area contributed by atoms with Crippen LogP contribution >= 0.6 is 0 Å². The van der Waals surface area contributed by atoms with Gasteiger partial charge in [-0.2, -0.15) is 13.2 Å². The van der Waals surface area contributed by atoms with Crippen LogP contribution < -0.4 is 10.1 Å². The molecule has 0 aromatic carbocycles. The summed E-state index contributed by atoms with van der Waals surface area (Å²) in [6.45, 7) is 6.53. The summed E-state index contributed by atoms with van der Waals surface area (Å²) in [4.78, 5) is 32.7. The highest BCUT2D eigenvalue weighted by atomic mass is 19.4. The number of carbonyl (C=O) groups excluding carboxylic acids is 2. The summed E-state index contributed by atoms with van der Waals surface area (Å²) < 4.78 is 41.8. The summed E-state index contributed by atoms with van der Waals surface area (Å²) in [5.41, 5.74) is 2.15. The number of rotatable bonds is 9. The fraction of sp³-hybridized carbons (Fsp3) is 0.455. The fourth-order valence-electron chi connectivity index (χ4n) is 2.71. The third kappa shape index (κ3) is 7.66. The van der Waals surface area contributed by atoms with Crippen LogP contribution in [0.5, 0.6) is 5.88 Å². The van der Waals surface area contributed by atoms with Crippen LogP contribution in [0, 0.1) is 12.8 Å². The lowest BCUT2D eigenvalue weighted by molar-refractivity contribution is -0.139. The molecule has 0 fully saturated rings. The molecule has 0 saturated carbocycles. The SMILES string of the molecule is Cc1cc(C(=O)NC(C)c2ccnc(CC(=O)C(C)C)c2)cnc1OCCC(F)(F)F. The lowest BCUT2D eigenvalue weighted by atomic mass is 10.0. The lowest BCUT2D eigenvalue weighted by Crippen LogP contribution is -2.27. The average Bonchev–Trinajstić information content (AvgIpc) is 2.68. The van der Waals surface area contributed by atoms with Gasteiger partial charge in [-0.05, 0) is 37.6 Å². The molecule has 6 nitrogen and oxygen atoms in total. The largest absolute Gasteiger partial charge is 0.477 e. The second-order valence-electron chi connectivity index (χ2n) is 7.63. The van der Waals surface area contributed by atoms with Crippen molar-refractivity contribution in [2.75, 3.05) is 6.61 Å². The smallest absolute Gasteiger partial charge is 0.392 e. The number of alkyl halides is 3. The summed E-state index contributed by atoms with van der Waals surface area (Å²) in [5, 5.41) is 2.84. The Hall–Kier alpha value is -2.97. The van der Waals surface area contributed by atoms with E-state index >= 15 is 0 Å². The van der Waals surface area contributed by atoms with Crippen molar-refractivity contribution in [3.05, 3.63) is 53.0 Å². The molecule has 0 bridgehead atoms. The number of ketones is 1. The zero-order chi connectivity index (χ0) is 23.2. The minimum atomic E-state index is -4.31. The van der Waals surface area contributed by atoms with Crippen molar-refractivity contribution in [3.8, 4) is 5.88 Å². The van der Waals surface area contributed by atoms with Gasteiger partial charge in [-0.1, -0.05) is 13.8 Å².